The molecule has 1 aliphatic carbocycles. The number of halogens is 1. The Morgan fingerprint density at radius 1 is 1.10 bits per heavy atom. The molecule has 3 aromatic heterocycles. The first-order valence-corrected chi connectivity index (χ1v) is 10.1. The van der Waals surface area contributed by atoms with E-state index in [1.807, 2.05) is 19.1 Å². The smallest absolute Gasteiger partial charge is 0.331 e. The lowest BCUT2D eigenvalue weighted by molar-refractivity contribution is 0.615. The van der Waals surface area contributed by atoms with Gasteiger partial charge < -0.3 is 15.6 Å². The number of anilines is 2. The van der Waals surface area contributed by atoms with E-state index in [2.05, 4.69) is 35.8 Å². The van der Waals surface area contributed by atoms with Gasteiger partial charge in [0, 0.05) is 18.2 Å². The van der Waals surface area contributed by atoms with Gasteiger partial charge in [-0.1, -0.05) is 12.1 Å². The monoisotopic (exact) mass is 420 g/mol. The Labute approximate surface area is 176 Å². The molecule has 0 amide bonds. The van der Waals surface area contributed by atoms with Crippen LogP contribution in [0.4, 0.5) is 16.2 Å². The highest BCUT2D eigenvalue weighted by molar-refractivity contribution is 5.77. The van der Waals surface area contributed by atoms with Gasteiger partial charge in [0.25, 0.3) is 0 Å². The molecule has 0 bridgehead atoms. The van der Waals surface area contributed by atoms with Crippen molar-refractivity contribution in [2.45, 2.75) is 38.3 Å². The van der Waals surface area contributed by atoms with Crippen LogP contribution in [-0.4, -0.2) is 41.8 Å². The molecule has 0 unspecified atom stereocenters. The first-order chi connectivity index (χ1) is 15.1. The predicted octanol–water partition coefficient (Wildman–Crippen LogP) is 2.79. The molecule has 158 valence electrons. The van der Waals surface area contributed by atoms with Gasteiger partial charge in [-0.25, -0.2) is 19.2 Å². The molecule has 9 nitrogen and oxygen atoms in total. The zero-order valence-corrected chi connectivity index (χ0v) is 16.8. The molecule has 4 aromatic rings. The van der Waals surface area contributed by atoms with Crippen molar-refractivity contribution in [1.29, 1.82) is 0 Å². The summed E-state index contributed by atoms with van der Waals surface area (Å²) >= 11 is 0. The molecule has 1 aromatic carbocycles. The summed E-state index contributed by atoms with van der Waals surface area (Å²) in [7, 11) is 0. The summed E-state index contributed by atoms with van der Waals surface area (Å²) < 4.78 is 16.2. The van der Waals surface area contributed by atoms with Gasteiger partial charge in [-0.3, -0.25) is 4.57 Å². The summed E-state index contributed by atoms with van der Waals surface area (Å²) in [5.41, 5.74) is 2.16. The molecule has 1 fully saturated rings. The SMILES string of the molecule is Cc1cnc(N[C@H]2CC[C@H](Nc3ncc(-n4c(=O)[nH]c5ccccc54)cc3F)C2)nn1. The molecule has 1 saturated carbocycles. The van der Waals surface area contributed by atoms with Crippen molar-refractivity contribution < 1.29 is 4.39 Å². The van der Waals surface area contributed by atoms with Gasteiger partial charge >= 0.3 is 5.69 Å². The molecule has 10 heteroatoms. The van der Waals surface area contributed by atoms with Gasteiger partial charge in [0.2, 0.25) is 5.95 Å². The minimum atomic E-state index is -0.503. The van der Waals surface area contributed by atoms with Crippen LogP contribution in [0.1, 0.15) is 25.0 Å². The van der Waals surface area contributed by atoms with Gasteiger partial charge in [0.15, 0.2) is 11.6 Å². The predicted molar refractivity (Wildman–Crippen MR) is 115 cm³/mol. The lowest BCUT2D eigenvalue weighted by Crippen LogP contribution is -2.23. The van der Waals surface area contributed by atoms with E-state index in [9.17, 15) is 9.18 Å². The van der Waals surface area contributed by atoms with Crippen molar-refractivity contribution in [3.05, 3.63) is 64.7 Å². The maximum atomic E-state index is 14.8. The van der Waals surface area contributed by atoms with E-state index in [0.29, 0.717) is 22.7 Å². The number of H-pyrrole nitrogens is 1. The Balaban J connectivity index is 1.29. The van der Waals surface area contributed by atoms with Crippen LogP contribution in [-0.2, 0) is 0 Å². The summed E-state index contributed by atoms with van der Waals surface area (Å²) in [5, 5.41) is 14.5. The van der Waals surface area contributed by atoms with Crippen molar-refractivity contribution in [2.75, 3.05) is 10.6 Å². The van der Waals surface area contributed by atoms with Crippen LogP contribution >= 0.6 is 0 Å². The van der Waals surface area contributed by atoms with E-state index in [-0.39, 0.29) is 23.6 Å². The number of pyridine rings is 1. The second kappa shape index (κ2) is 7.78. The molecule has 0 spiro atoms. The van der Waals surface area contributed by atoms with E-state index < -0.39 is 5.82 Å². The minimum Gasteiger partial charge on any atom is -0.365 e. The molecule has 3 N–H and O–H groups in total. The quantitative estimate of drug-likeness (QED) is 0.455. The van der Waals surface area contributed by atoms with E-state index in [1.54, 1.807) is 18.3 Å². The standard InChI is InChI=1S/C21H21FN8O/c1-12-10-24-20(29-28-12)26-14-7-6-13(8-14)25-19-16(22)9-15(11-23-19)30-18-5-3-2-4-17(18)27-21(30)31/h2-5,9-11,13-14H,6-8H2,1H3,(H,23,25)(H,27,31)(H,24,26,29)/t13-,14-/m0/s1. The molecule has 0 radical (unpaired) electrons. The highest BCUT2D eigenvalue weighted by Crippen LogP contribution is 2.26. The number of benzene rings is 1. The highest BCUT2D eigenvalue weighted by atomic mass is 19.1. The second-order valence-electron chi connectivity index (χ2n) is 7.73. The number of para-hydroxylation sites is 2. The van der Waals surface area contributed by atoms with E-state index in [4.69, 9.17) is 0 Å². The number of nitrogens with one attached hydrogen (secondary N) is 3. The zero-order valence-electron chi connectivity index (χ0n) is 16.8. The molecule has 31 heavy (non-hydrogen) atoms. The fourth-order valence-corrected chi connectivity index (χ4v) is 3.99. The lowest BCUT2D eigenvalue weighted by Gasteiger charge is -2.16. The normalized spacial score (nSPS) is 18.4. The molecular weight excluding hydrogens is 399 g/mol. The number of nitrogens with zero attached hydrogens (tertiary/aromatic N) is 5. The highest BCUT2D eigenvalue weighted by Gasteiger charge is 2.26. The third-order valence-corrected chi connectivity index (χ3v) is 5.46. The van der Waals surface area contributed by atoms with E-state index >= 15 is 0 Å². The second-order valence-corrected chi connectivity index (χ2v) is 7.73. The fraction of sp³-hybridized carbons (Fsp3) is 0.286. The summed E-state index contributed by atoms with van der Waals surface area (Å²) in [4.78, 5) is 23.6. The number of aromatic nitrogens is 6. The molecule has 3 heterocycles. The number of aryl methyl sites for hydroxylation is 1. The molecule has 1 aliphatic rings. The molecular formula is C21H21FN8O. The third kappa shape index (κ3) is 3.83. The Kier molecular flexibility index (Phi) is 4.81. The summed E-state index contributed by atoms with van der Waals surface area (Å²) in [5.74, 6) is 0.168. The number of hydrogen-bond donors (Lipinski definition) is 3. The maximum absolute atomic E-state index is 14.8. The molecule has 0 saturated heterocycles. The number of imidazole rings is 1. The van der Waals surface area contributed by atoms with E-state index in [0.717, 1.165) is 25.0 Å². The summed E-state index contributed by atoms with van der Waals surface area (Å²) in [6.07, 6.45) is 5.71. The van der Waals surface area contributed by atoms with Crippen LogP contribution < -0.4 is 16.3 Å². The van der Waals surface area contributed by atoms with Gasteiger partial charge in [-0.15, -0.1) is 5.10 Å². The summed E-state index contributed by atoms with van der Waals surface area (Å²) in [6.45, 7) is 1.83. The molecule has 5 rings (SSSR count). The van der Waals surface area contributed by atoms with Crippen molar-refractivity contribution >= 4 is 22.8 Å². The average Bonchev–Trinajstić information content (AvgIpc) is 3.34. The van der Waals surface area contributed by atoms with Gasteiger partial charge in [-0.2, -0.15) is 5.10 Å². The van der Waals surface area contributed by atoms with Crippen molar-refractivity contribution in [1.82, 2.24) is 29.7 Å². The summed E-state index contributed by atoms with van der Waals surface area (Å²) in [6, 6.07) is 8.83. The van der Waals surface area contributed by atoms with Gasteiger partial charge in [-0.05, 0) is 38.3 Å². The average molecular weight is 420 g/mol. The number of hydrogen-bond acceptors (Lipinski definition) is 7. The van der Waals surface area contributed by atoms with Crippen LogP contribution in [0.5, 0.6) is 0 Å². The van der Waals surface area contributed by atoms with Crippen molar-refractivity contribution in [2.24, 2.45) is 0 Å². The zero-order chi connectivity index (χ0) is 21.4. The van der Waals surface area contributed by atoms with Gasteiger partial charge in [0.05, 0.1) is 34.8 Å². The maximum Gasteiger partial charge on any atom is 0.331 e. The van der Waals surface area contributed by atoms with Crippen LogP contribution in [0.3, 0.4) is 0 Å². The largest absolute Gasteiger partial charge is 0.365 e. The Bertz CT molecular complexity index is 1280. The van der Waals surface area contributed by atoms with Crippen LogP contribution in [0.25, 0.3) is 16.7 Å². The lowest BCUT2D eigenvalue weighted by atomic mass is 10.2. The minimum absolute atomic E-state index is 0.0690. The Hall–Kier alpha value is -3.82. The fourth-order valence-electron chi connectivity index (χ4n) is 3.99. The first kappa shape index (κ1) is 19.2. The van der Waals surface area contributed by atoms with Crippen molar-refractivity contribution in [3.63, 3.8) is 0 Å². The molecule has 2 atom stereocenters. The number of aromatic amines is 1. The molecule has 0 aliphatic heterocycles. The van der Waals surface area contributed by atoms with Crippen LogP contribution in [0.2, 0.25) is 0 Å². The number of fused-ring (bicyclic) bond motifs is 1. The van der Waals surface area contributed by atoms with Crippen LogP contribution in [0.15, 0.2) is 47.5 Å². The van der Waals surface area contributed by atoms with Gasteiger partial charge in [0.1, 0.15) is 0 Å². The first-order valence-electron chi connectivity index (χ1n) is 10.1. The van der Waals surface area contributed by atoms with Crippen LogP contribution in [0, 0.1) is 12.7 Å². The Morgan fingerprint density at radius 3 is 2.68 bits per heavy atom. The van der Waals surface area contributed by atoms with E-state index in [1.165, 1.54) is 16.8 Å². The van der Waals surface area contributed by atoms with Crippen molar-refractivity contribution in [3.8, 4) is 5.69 Å². The number of rotatable bonds is 5. The third-order valence-electron chi connectivity index (χ3n) is 5.46. The Morgan fingerprint density at radius 2 is 1.90 bits per heavy atom. The topological polar surface area (TPSA) is 113 Å².